The Bertz CT molecular complexity index is 1180. The molecule has 5 heterocycles. The summed E-state index contributed by atoms with van der Waals surface area (Å²) in [6.45, 7) is 0.554. The standard InChI is InChI=1S/C22H21ClN4O5/c23-12-7-14-21(27-22(25-14)32-16-9-31-19-15(28)8-30-20(16)19)26-18(12)11-3-1-10(2-4-11)13-5-6-17(29)24-13/h1-4,7,13,15-16,19-20,28H,5-6,8-9H2,(H,24,29)(H,25,26,27)/t13?,15-,16-,19-,20-/m1/s1. The average molecular weight is 457 g/mol. The number of carbonyl (C=O) groups is 1. The molecule has 3 aliphatic heterocycles. The molecule has 0 saturated carbocycles. The van der Waals surface area contributed by atoms with E-state index in [0.717, 1.165) is 17.5 Å². The van der Waals surface area contributed by atoms with Gasteiger partial charge in [-0.25, -0.2) is 4.98 Å². The van der Waals surface area contributed by atoms with Gasteiger partial charge in [-0.3, -0.25) is 4.79 Å². The summed E-state index contributed by atoms with van der Waals surface area (Å²) in [7, 11) is 0. The van der Waals surface area contributed by atoms with E-state index in [1.54, 1.807) is 6.07 Å². The minimum atomic E-state index is -0.636. The summed E-state index contributed by atoms with van der Waals surface area (Å²) in [4.78, 5) is 23.7. The summed E-state index contributed by atoms with van der Waals surface area (Å²) in [5, 5.41) is 13.3. The molecule has 1 amide bonds. The maximum absolute atomic E-state index is 11.5. The number of fused-ring (bicyclic) bond motifs is 2. The topological polar surface area (TPSA) is 119 Å². The average Bonchev–Trinajstić information content (AvgIpc) is 3.55. The molecule has 0 aliphatic carbocycles. The molecule has 3 saturated heterocycles. The molecule has 1 aromatic carbocycles. The lowest BCUT2D eigenvalue weighted by atomic mass is 10.0. The predicted molar refractivity (Wildman–Crippen MR) is 114 cm³/mol. The third-order valence-corrected chi connectivity index (χ3v) is 6.52. The largest absolute Gasteiger partial charge is 0.456 e. The molecule has 32 heavy (non-hydrogen) atoms. The fraction of sp³-hybridized carbons (Fsp3) is 0.409. The molecule has 6 rings (SSSR count). The molecule has 5 atom stereocenters. The Labute approximate surface area is 188 Å². The number of hydrogen-bond acceptors (Lipinski definition) is 7. The quantitative estimate of drug-likeness (QED) is 0.550. The van der Waals surface area contributed by atoms with Crippen molar-refractivity contribution in [1.29, 1.82) is 0 Å². The van der Waals surface area contributed by atoms with Crippen LogP contribution in [0.25, 0.3) is 22.4 Å². The number of aliphatic hydroxyl groups is 1. The Balaban J connectivity index is 1.23. The molecular weight excluding hydrogens is 436 g/mol. The lowest BCUT2D eigenvalue weighted by Gasteiger charge is -2.15. The molecule has 3 aromatic rings. The smallest absolute Gasteiger partial charge is 0.296 e. The van der Waals surface area contributed by atoms with Crippen molar-refractivity contribution in [2.24, 2.45) is 0 Å². The lowest BCUT2D eigenvalue weighted by molar-refractivity contribution is -0.119. The van der Waals surface area contributed by atoms with Gasteiger partial charge < -0.3 is 29.6 Å². The zero-order valence-corrected chi connectivity index (χ0v) is 17.7. The van der Waals surface area contributed by atoms with Crippen molar-refractivity contribution in [2.75, 3.05) is 13.2 Å². The summed E-state index contributed by atoms with van der Waals surface area (Å²) in [6.07, 6.45) is -0.338. The predicted octanol–water partition coefficient (Wildman–Crippen LogP) is 2.14. The van der Waals surface area contributed by atoms with Crippen LogP contribution in [0.2, 0.25) is 5.02 Å². The third kappa shape index (κ3) is 3.41. The number of aliphatic hydroxyl groups excluding tert-OH is 1. The number of amides is 1. The Hall–Kier alpha value is -2.72. The number of aromatic nitrogens is 3. The fourth-order valence-electron chi connectivity index (χ4n) is 4.58. The van der Waals surface area contributed by atoms with Gasteiger partial charge in [0.05, 0.1) is 35.5 Å². The van der Waals surface area contributed by atoms with Crippen LogP contribution in [0.5, 0.6) is 6.01 Å². The van der Waals surface area contributed by atoms with Crippen molar-refractivity contribution < 1.29 is 24.1 Å². The Morgan fingerprint density at radius 1 is 1.12 bits per heavy atom. The van der Waals surface area contributed by atoms with Crippen LogP contribution in [-0.4, -0.2) is 63.6 Å². The number of halogens is 1. The highest BCUT2D eigenvalue weighted by molar-refractivity contribution is 6.33. The van der Waals surface area contributed by atoms with E-state index in [0.29, 0.717) is 40.9 Å². The van der Waals surface area contributed by atoms with Gasteiger partial charge in [0.25, 0.3) is 6.01 Å². The van der Waals surface area contributed by atoms with Crippen LogP contribution >= 0.6 is 11.6 Å². The Morgan fingerprint density at radius 3 is 2.72 bits per heavy atom. The van der Waals surface area contributed by atoms with E-state index in [4.69, 9.17) is 25.8 Å². The van der Waals surface area contributed by atoms with Crippen molar-refractivity contribution in [2.45, 2.75) is 43.3 Å². The number of benzene rings is 1. The third-order valence-electron chi connectivity index (χ3n) is 6.23. The number of nitrogens with zero attached hydrogens (tertiary/aromatic N) is 2. The maximum atomic E-state index is 11.5. The van der Waals surface area contributed by atoms with E-state index in [9.17, 15) is 9.90 Å². The second kappa shape index (κ2) is 7.70. The first kappa shape index (κ1) is 19.9. The van der Waals surface area contributed by atoms with Crippen molar-refractivity contribution in [3.8, 4) is 17.3 Å². The summed E-state index contributed by atoms with van der Waals surface area (Å²) in [5.74, 6) is 0.0844. The SMILES string of the molecule is O=C1CCC(c2ccc(-c3nc4nc(O[C@@H]5CO[C@H]6[C@@H]5OC[C@H]6O)[nH]c4cc3Cl)cc2)N1. The molecule has 9 nitrogen and oxygen atoms in total. The number of aromatic amines is 1. The van der Waals surface area contributed by atoms with E-state index in [-0.39, 0.29) is 36.9 Å². The molecular formula is C22H21ClN4O5. The second-order valence-electron chi connectivity index (χ2n) is 8.33. The molecule has 3 aliphatic rings. The first-order chi connectivity index (χ1) is 15.5. The highest BCUT2D eigenvalue weighted by Gasteiger charge is 2.48. The number of imidazole rings is 1. The number of carbonyl (C=O) groups excluding carboxylic acids is 1. The summed E-state index contributed by atoms with van der Waals surface area (Å²) < 4.78 is 17.1. The van der Waals surface area contributed by atoms with Gasteiger partial charge in [-0.2, -0.15) is 4.98 Å². The molecule has 166 valence electrons. The highest BCUT2D eigenvalue weighted by Crippen LogP contribution is 2.33. The van der Waals surface area contributed by atoms with E-state index < -0.39 is 6.10 Å². The first-order valence-corrected chi connectivity index (χ1v) is 11.0. The van der Waals surface area contributed by atoms with Gasteiger partial charge in [-0.1, -0.05) is 35.9 Å². The van der Waals surface area contributed by atoms with Crippen molar-refractivity contribution in [1.82, 2.24) is 20.3 Å². The van der Waals surface area contributed by atoms with Crippen LogP contribution in [0.4, 0.5) is 0 Å². The highest BCUT2D eigenvalue weighted by atomic mass is 35.5. The van der Waals surface area contributed by atoms with Crippen LogP contribution in [0, 0.1) is 0 Å². The fourth-order valence-corrected chi connectivity index (χ4v) is 4.84. The zero-order valence-electron chi connectivity index (χ0n) is 17.0. The molecule has 3 fully saturated rings. The number of ether oxygens (including phenoxy) is 3. The number of hydrogen-bond donors (Lipinski definition) is 3. The van der Waals surface area contributed by atoms with Crippen LogP contribution < -0.4 is 10.1 Å². The molecule has 0 spiro atoms. The van der Waals surface area contributed by atoms with Crippen molar-refractivity contribution >= 4 is 28.7 Å². The number of nitrogens with one attached hydrogen (secondary N) is 2. The zero-order chi connectivity index (χ0) is 21.8. The summed E-state index contributed by atoms with van der Waals surface area (Å²) >= 11 is 6.52. The Kier molecular flexibility index (Phi) is 4.80. The molecule has 3 N–H and O–H groups in total. The van der Waals surface area contributed by atoms with Gasteiger partial charge in [0.1, 0.15) is 18.3 Å². The molecule has 1 unspecified atom stereocenters. The number of rotatable bonds is 4. The molecule has 0 bridgehead atoms. The monoisotopic (exact) mass is 456 g/mol. The van der Waals surface area contributed by atoms with E-state index in [1.807, 2.05) is 24.3 Å². The molecule has 10 heteroatoms. The van der Waals surface area contributed by atoms with Gasteiger partial charge in [0.2, 0.25) is 5.91 Å². The van der Waals surface area contributed by atoms with Crippen molar-refractivity contribution in [3.05, 3.63) is 40.9 Å². The van der Waals surface area contributed by atoms with E-state index in [2.05, 4.69) is 20.3 Å². The van der Waals surface area contributed by atoms with Crippen LogP contribution in [0.1, 0.15) is 24.4 Å². The van der Waals surface area contributed by atoms with Crippen molar-refractivity contribution in [3.63, 3.8) is 0 Å². The second-order valence-corrected chi connectivity index (χ2v) is 8.74. The maximum Gasteiger partial charge on any atom is 0.296 e. The van der Waals surface area contributed by atoms with Crippen LogP contribution in [0.3, 0.4) is 0 Å². The minimum absolute atomic E-state index is 0.0534. The minimum Gasteiger partial charge on any atom is -0.456 e. The summed E-state index contributed by atoms with van der Waals surface area (Å²) in [6, 6.07) is 9.99. The number of H-pyrrole nitrogens is 1. The van der Waals surface area contributed by atoms with Gasteiger partial charge in [-0.15, -0.1) is 0 Å². The normalized spacial score (nSPS) is 29.4. The van der Waals surface area contributed by atoms with Crippen LogP contribution in [0.15, 0.2) is 30.3 Å². The Morgan fingerprint density at radius 2 is 1.94 bits per heavy atom. The van der Waals surface area contributed by atoms with Gasteiger partial charge in [-0.05, 0) is 18.1 Å². The lowest BCUT2D eigenvalue weighted by Crippen LogP contribution is -2.34. The van der Waals surface area contributed by atoms with E-state index in [1.165, 1.54) is 0 Å². The molecule has 0 radical (unpaired) electrons. The summed E-state index contributed by atoms with van der Waals surface area (Å²) in [5.41, 5.74) is 3.67. The first-order valence-electron chi connectivity index (χ1n) is 10.6. The number of pyridine rings is 1. The van der Waals surface area contributed by atoms with E-state index >= 15 is 0 Å². The van der Waals surface area contributed by atoms with Crippen LogP contribution in [-0.2, 0) is 14.3 Å². The van der Waals surface area contributed by atoms with Gasteiger partial charge in [0, 0.05) is 12.0 Å². The molecule has 2 aromatic heterocycles. The van der Waals surface area contributed by atoms with Gasteiger partial charge >= 0.3 is 0 Å². The van der Waals surface area contributed by atoms with Gasteiger partial charge in [0.15, 0.2) is 11.8 Å².